The molecule has 0 bridgehead atoms. The molecule has 1 N–H and O–H groups in total. The molecular weight excluding hydrogens is 258 g/mol. The largest absolute Gasteiger partial charge is 0.348 e. The van der Waals surface area contributed by atoms with Crippen LogP contribution < -0.4 is 5.32 Å². The highest BCUT2D eigenvalue weighted by atomic mass is 16.1. The van der Waals surface area contributed by atoms with Crippen LogP contribution >= 0.6 is 0 Å². The number of amides is 1. The van der Waals surface area contributed by atoms with Crippen molar-refractivity contribution in [3.63, 3.8) is 0 Å². The van der Waals surface area contributed by atoms with Crippen LogP contribution in [0, 0.1) is 34.6 Å². The van der Waals surface area contributed by atoms with Crippen molar-refractivity contribution < 1.29 is 4.79 Å². The highest BCUT2D eigenvalue weighted by Gasteiger charge is 2.17. The molecule has 0 spiro atoms. The zero-order valence-corrected chi connectivity index (χ0v) is 13.5. The molecule has 110 valence electrons. The smallest absolute Gasteiger partial charge is 0.252 e. The van der Waals surface area contributed by atoms with E-state index in [9.17, 15) is 4.79 Å². The minimum Gasteiger partial charge on any atom is -0.348 e. The van der Waals surface area contributed by atoms with Crippen molar-refractivity contribution in [1.82, 2.24) is 5.32 Å². The third-order valence-corrected chi connectivity index (χ3v) is 4.52. The quantitative estimate of drug-likeness (QED) is 0.899. The Kier molecular flexibility index (Phi) is 4.46. The van der Waals surface area contributed by atoms with Crippen molar-refractivity contribution in [2.75, 3.05) is 0 Å². The molecule has 0 atom stereocenters. The highest BCUT2D eigenvalue weighted by molar-refractivity contribution is 5.98. The van der Waals surface area contributed by atoms with Crippen molar-refractivity contribution in [3.8, 4) is 0 Å². The lowest BCUT2D eigenvalue weighted by molar-refractivity contribution is 0.0949. The van der Waals surface area contributed by atoms with Gasteiger partial charge < -0.3 is 5.32 Å². The molecule has 2 aromatic rings. The summed E-state index contributed by atoms with van der Waals surface area (Å²) in [5.41, 5.74) is 7.81. The number of nitrogens with one attached hydrogen (secondary N) is 1. The topological polar surface area (TPSA) is 29.1 Å². The van der Waals surface area contributed by atoms with Gasteiger partial charge in [0.05, 0.1) is 0 Å². The summed E-state index contributed by atoms with van der Waals surface area (Å²) >= 11 is 0. The molecule has 0 aliphatic rings. The Bertz CT molecular complexity index is 643. The molecule has 0 heterocycles. The van der Waals surface area contributed by atoms with Gasteiger partial charge in [-0.2, -0.15) is 0 Å². The minimum atomic E-state index is 0.0139. The summed E-state index contributed by atoms with van der Waals surface area (Å²) in [7, 11) is 0. The average molecular weight is 281 g/mol. The number of hydrogen-bond acceptors (Lipinski definition) is 1. The second-order valence-electron chi connectivity index (χ2n) is 5.67. The van der Waals surface area contributed by atoms with Crippen LogP contribution in [0.25, 0.3) is 0 Å². The molecule has 2 aromatic carbocycles. The van der Waals surface area contributed by atoms with Crippen LogP contribution in [0.5, 0.6) is 0 Å². The van der Waals surface area contributed by atoms with Crippen LogP contribution in [0.3, 0.4) is 0 Å². The second kappa shape index (κ2) is 6.13. The normalized spacial score (nSPS) is 10.5. The van der Waals surface area contributed by atoms with Gasteiger partial charge in [0.1, 0.15) is 0 Å². The lowest BCUT2D eigenvalue weighted by Crippen LogP contribution is -2.25. The fraction of sp³-hybridized carbons (Fsp3) is 0.316. The van der Waals surface area contributed by atoms with E-state index in [1.54, 1.807) is 0 Å². The van der Waals surface area contributed by atoms with Gasteiger partial charge in [0, 0.05) is 12.1 Å². The summed E-state index contributed by atoms with van der Waals surface area (Å²) in [5.74, 6) is 0.0139. The zero-order valence-electron chi connectivity index (χ0n) is 13.5. The monoisotopic (exact) mass is 281 g/mol. The SMILES string of the molecule is Cc1c(C)c(C)c(C(=O)NCc2ccccc2)c(C)c1C. The maximum atomic E-state index is 12.6. The molecule has 0 aliphatic carbocycles. The molecule has 0 fully saturated rings. The average Bonchev–Trinajstić information content (AvgIpc) is 2.50. The second-order valence-corrected chi connectivity index (χ2v) is 5.67. The van der Waals surface area contributed by atoms with Crippen molar-refractivity contribution in [2.45, 2.75) is 41.2 Å². The Labute approximate surface area is 127 Å². The van der Waals surface area contributed by atoms with Crippen molar-refractivity contribution in [3.05, 3.63) is 69.3 Å². The predicted molar refractivity (Wildman–Crippen MR) is 87.7 cm³/mol. The van der Waals surface area contributed by atoms with E-state index >= 15 is 0 Å². The molecule has 2 nitrogen and oxygen atoms in total. The first kappa shape index (κ1) is 15.3. The van der Waals surface area contributed by atoms with Crippen LogP contribution in [0.2, 0.25) is 0 Å². The Morgan fingerprint density at radius 2 is 1.29 bits per heavy atom. The number of carbonyl (C=O) groups is 1. The third-order valence-electron chi connectivity index (χ3n) is 4.52. The molecule has 21 heavy (non-hydrogen) atoms. The third kappa shape index (κ3) is 2.99. The van der Waals surface area contributed by atoms with Crippen LogP contribution in [0.4, 0.5) is 0 Å². The summed E-state index contributed by atoms with van der Waals surface area (Å²) in [6.07, 6.45) is 0. The van der Waals surface area contributed by atoms with Crippen LogP contribution in [-0.2, 0) is 6.54 Å². The van der Waals surface area contributed by atoms with Crippen LogP contribution in [-0.4, -0.2) is 5.91 Å². The first-order chi connectivity index (χ1) is 9.93. The van der Waals surface area contributed by atoms with Gasteiger partial charge in [-0.1, -0.05) is 30.3 Å². The van der Waals surface area contributed by atoms with E-state index in [0.717, 1.165) is 22.3 Å². The maximum Gasteiger partial charge on any atom is 0.252 e. The maximum absolute atomic E-state index is 12.6. The highest BCUT2D eigenvalue weighted by Crippen LogP contribution is 2.25. The lowest BCUT2D eigenvalue weighted by Gasteiger charge is -2.18. The molecule has 2 rings (SSSR count). The van der Waals surface area contributed by atoms with E-state index in [1.807, 2.05) is 44.2 Å². The fourth-order valence-corrected chi connectivity index (χ4v) is 2.71. The van der Waals surface area contributed by atoms with Crippen LogP contribution in [0.15, 0.2) is 30.3 Å². The standard InChI is InChI=1S/C19H23NO/c1-12-13(2)15(4)18(16(5)14(12)3)19(21)20-11-17-9-7-6-8-10-17/h6-10H,11H2,1-5H3,(H,20,21). The van der Waals surface area contributed by atoms with Gasteiger partial charge in [-0.25, -0.2) is 0 Å². The van der Waals surface area contributed by atoms with Crippen molar-refractivity contribution in [2.24, 2.45) is 0 Å². The van der Waals surface area contributed by atoms with Crippen molar-refractivity contribution in [1.29, 1.82) is 0 Å². The molecule has 0 saturated heterocycles. The first-order valence-electron chi connectivity index (χ1n) is 7.32. The van der Waals surface area contributed by atoms with Gasteiger partial charge in [0.2, 0.25) is 0 Å². The summed E-state index contributed by atoms with van der Waals surface area (Å²) < 4.78 is 0. The van der Waals surface area contributed by atoms with E-state index in [0.29, 0.717) is 6.54 Å². The Morgan fingerprint density at radius 1 is 0.810 bits per heavy atom. The molecular formula is C19H23NO. The van der Waals surface area contributed by atoms with E-state index < -0.39 is 0 Å². The molecule has 0 radical (unpaired) electrons. The molecule has 2 heteroatoms. The van der Waals surface area contributed by atoms with Crippen molar-refractivity contribution >= 4 is 5.91 Å². The summed E-state index contributed by atoms with van der Waals surface area (Å²) in [6.45, 7) is 10.9. The Morgan fingerprint density at radius 3 is 1.81 bits per heavy atom. The van der Waals surface area contributed by atoms with Gasteiger partial charge in [-0.3, -0.25) is 4.79 Å². The summed E-state index contributed by atoms with van der Waals surface area (Å²) in [6, 6.07) is 9.99. The van der Waals surface area contributed by atoms with E-state index in [2.05, 4.69) is 26.1 Å². The number of rotatable bonds is 3. The molecule has 0 aromatic heterocycles. The Hall–Kier alpha value is -2.09. The number of hydrogen-bond donors (Lipinski definition) is 1. The predicted octanol–water partition coefficient (Wildman–Crippen LogP) is 4.16. The first-order valence-corrected chi connectivity index (χ1v) is 7.32. The Balaban J connectivity index is 2.28. The van der Waals surface area contributed by atoms with Gasteiger partial charge >= 0.3 is 0 Å². The summed E-state index contributed by atoms with van der Waals surface area (Å²) in [5, 5.41) is 3.03. The van der Waals surface area contributed by atoms with Gasteiger partial charge in [-0.05, 0) is 68.0 Å². The van der Waals surface area contributed by atoms with E-state index in [1.165, 1.54) is 16.7 Å². The molecule has 0 saturated carbocycles. The lowest BCUT2D eigenvalue weighted by atomic mass is 9.89. The molecule has 1 amide bonds. The molecule has 0 aliphatic heterocycles. The van der Waals surface area contributed by atoms with Gasteiger partial charge in [-0.15, -0.1) is 0 Å². The number of carbonyl (C=O) groups excluding carboxylic acids is 1. The van der Waals surface area contributed by atoms with Gasteiger partial charge in [0.15, 0.2) is 0 Å². The zero-order chi connectivity index (χ0) is 15.6. The number of benzene rings is 2. The van der Waals surface area contributed by atoms with Crippen LogP contribution in [0.1, 0.15) is 43.7 Å². The van der Waals surface area contributed by atoms with E-state index in [4.69, 9.17) is 0 Å². The van der Waals surface area contributed by atoms with Gasteiger partial charge in [0.25, 0.3) is 5.91 Å². The summed E-state index contributed by atoms with van der Waals surface area (Å²) in [4.78, 5) is 12.6. The van der Waals surface area contributed by atoms with E-state index in [-0.39, 0.29) is 5.91 Å². The minimum absolute atomic E-state index is 0.0139. The fourth-order valence-electron chi connectivity index (χ4n) is 2.71. The molecule has 0 unspecified atom stereocenters.